The Bertz CT molecular complexity index is 127. The molecule has 6 heavy (non-hydrogen) atoms. The molecule has 0 N–H and O–H groups in total. The van der Waals surface area contributed by atoms with Gasteiger partial charge in [0.15, 0.2) is 0 Å². The number of fused-ring (bicyclic) bond motifs is 1. The van der Waals surface area contributed by atoms with Gasteiger partial charge in [-0.1, -0.05) is 0 Å². The van der Waals surface area contributed by atoms with E-state index in [1.165, 1.54) is 17.5 Å². The number of rotatable bonds is 0. The van der Waals surface area contributed by atoms with Gasteiger partial charge in [-0.3, -0.25) is 0 Å². The van der Waals surface area contributed by atoms with Crippen LogP contribution in [0.3, 0.4) is 0 Å². The molecule has 0 atom stereocenters. The van der Waals surface area contributed by atoms with Gasteiger partial charge in [-0.2, -0.15) is 0 Å². The molecule has 0 radical (unpaired) electrons. The molecule has 0 fully saturated rings. The molecule has 0 amide bonds. The third-order valence-electron chi connectivity index (χ3n) is 0.951. The summed E-state index contributed by atoms with van der Waals surface area (Å²) < 4.78 is 3.62. The van der Waals surface area contributed by atoms with Crippen molar-refractivity contribution in [2.24, 2.45) is 0 Å². The first-order valence-electron chi connectivity index (χ1n) is 1.98. The summed E-state index contributed by atoms with van der Waals surface area (Å²) in [6, 6.07) is 0. The number of hydrogen-bond acceptors (Lipinski definition) is 1. The van der Waals surface area contributed by atoms with Crippen LogP contribution in [0.2, 0.25) is 0 Å². The van der Waals surface area contributed by atoms with E-state index in [1.54, 1.807) is 0 Å². The molecule has 0 saturated heterocycles. The maximum absolute atomic E-state index is 4.11. The standard InChI is InChI=1S/C3H4N2Se/c1-2-5-4-3(1)6-5/h1-2H2. The molecule has 3 rings (SSSR count). The van der Waals surface area contributed by atoms with Crippen molar-refractivity contribution in [2.75, 3.05) is 0 Å². The molecule has 0 unspecified atom stereocenters. The summed E-state index contributed by atoms with van der Waals surface area (Å²) in [7, 11) is 0. The van der Waals surface area contributed by atoms with E-state index in [9.17, 15) is 0 Å². The Morgan fingerprint density at radius 1 is 1.83 bits per heavy atom. The molecule has 0 spiro atoms. The van der Waals surface area contributed by atoms with Gasteiger partial charge in [0.25, 0.3) is 0 Å². The van der Waals surface area contributed by atoms with Gasteiger partial charge in [0.1, 0.15) is 0 Å². The molecule has 0 aliphatic carbocycles. The maximum atomic E-state index is 4.11. The van der Waals surface area contributed by atoms with E-state index in [-0.39, 0.29) is 0 Å². The molecule has 2 aliphatic rings. The second-order valence-electron chi connectivity index (χ2n) is 1.41. The predicted octanol–water partition coefficient (Wildman–Crippen LogP) is -0.504. The average molecular weight is 147 g/mol. The predicted molar refractivity (Wildman–Crippen MR) is 22.9 cm³/mol. The topological polar surface area (TPSA) is 17.8 Å². The normalized spacial score (nSPS) is 16.7. The van der Waals surface area contributed by atoms with Crippen molar-refractivity contribution in [3.8, 4) is 0 Å². The summed E-state index contributed by atoms with van der Waals surface area (Å²) in [6.45, 7) is 1.22. The zero-order valence-corrected chi connectivity index (χ0v) is 4.93. The van der Waals surface area contributed by atoms with Gasteiger partial charge >= 0.3 is 41.0 Å². The molecule has 2 nitrogen and oxygen atoms in total. The van der Waals surface area contributed by atoms with Crippen LogP contribution in [0.15, 0.2) is 0 Å². The molecule has 1 aromatic rings. The van der Waals surface area contributed by atoms with E-state index in [4.69, 9.17) is 0 Å². The zero-order valence-electron chi connectivity index (χ0n) is 3.22. The second kappa shape index (κ2) is 0.796. The van der Waals surface area contributed by atoms with Crippen LogP contribution in [0.4, 0.5) is 0 Å². The fourth-order valence-electron chi connectivity index (χ4n) is 0.635. The number of aromatic nitrogens is 2. The van der Waals surface area contributed by atoms with E-state index in [2.05, 4.69) is 8.78 Å². The quantitative estimate of drug-likeness (QED) is 0.452. The Labute approximate surface area is 41.7 Å². The summed E-state index contributed by atoms with van der Waals surface area (Å²) >= 11 is 0.708. The van der Waals surface area contributed by atoms with E-state index in [1.807, 2.05) is 0 Å². The van der Waals surface area contributed by atoms with Gasteiger partial charge < -0.3 is 0 Å². The molecular formula is C3H4N2Se. The third-order valence-corrected chi connectivity index (χ3v) is 2.99. The Balaban J connectivity index is 2.64. The molecule has 2 bridgehead atoms. The summed E-state index contributed by atoms with van der Waals surface area (Å²) in [5.74, 6) is 0. The van der Waals surface area contributed by atoms with Crippen LogP contribution in [-0.4, -0.2) is 23.5 Å². The molecular weight excluding hydrogens is 143 g/mol. The SMILES string of the molecule is C1Cn2nc1[se]2. The molecule has 1 aromatic heterocycles. The van der Waals surface area contributed by atoms with Gasteiger partial charge in [0.05, 0.1) is 0 Å². The fourth-order valence-corrected chi connectivity index (χ4v) is 2.25. The minimum atomic E-state index is 0.708. The zero-order chi connectivity index (χ0) is 3.98. The molecule has 32 valence electrons. The molecule has 0 aromatic carbocycles. The summed E-state index contributed by atoms with van der Waals surface area (Å²) in [5.41, 5.74) is 0. The summed E-state index contributed by atoms with van der Waals surface area (Å²) in [6.07, 6.45) is 1.26. The van der Waals surface area contributed by atoms with Gasteiger partial charge in [-0.25, -0.2) is 0 Å². The first-order valence-corrected chi connectivity index (χ1v) is 3.60. The van der Waals surface area contributed by atoms with Gasteiger partial charge in [-0.05, 0) is 0 Å². The first kappa shape index (κ1) is 3.05. The van der Waals surface area contributed by atoms with Crippen molar-refractivity contribution in [3.63, 3.8) is 0 Å². The summed E-state index contributed by atoms with van der Waals surface area (Å²) in [5, 5.41) is 4.11. The second-order valence-corrected chi connectivity index (χ2v) is 3.67. The number of nitrogens with zero attached hydrogens (tertiary/aromatic N) is 2. The van der Waals surface area contributed by atoms with Crippen molar-refractivity contribution < 1.29 is 0 Å². The van der Waals surface area contributed by atoms with E-state index >= 15 is 0 Å². The Morgan fingerprint density at radius 3 is 2.83 bits per heavy atom. The molecule has 3 heteroatoms. The molecule has 2 aliphatic heterocycles. The number of aryl methyl sites for hydroxylation is 2. The van der Waals surface area contributed by atoms with Crippen LogP contribution in [0.25, 0.3) is 0 Å². The Hall–Kier alpha value is -0.0105. The fraction of sp³-hybridized carbons (Fsp3) is 0.667. The van der Waals surface area contributed by atoms with E-state index in [0.717, 1.165) is 0 Å². The van der Waals surface area contributed by atoms with Crippen molar-refractivity contribution in [3.05, 3.63) is 4.57 Å². The molecule has 0 saturated carbocycles. The van der Waals surface area contributed by atoms with Crippen LogP contribution in [0.5, 0.6) is 0 Å². The molecule has 3 heterocycles. The monoisotopic (exact) mass is 148 g/mol. The first-order chi connectivity index (χ1) is 2.95. The van der Waals surface area contributed by atoms with Gasteiger partial charge in [-0.15, -0.1) is 0 Å². The van der Waals surface area contributed by atoms with E-state index in [0.29, 0.717) is 14.7 Å². The van der Waals surface area contributed by atoms with Crippen molar-refractivity contribution in [1.82, 2.24) is 8.78 Å². The van der Waals surface area contributed by atoms with Crippen LogP contribution >= 0.6 is 0 Å². The van der Waals surface area contributed by atoms with Crippen LogP contribution in [0.1, 0.15) is 4.57 Å². The summed E-state index contributed by atoms with van der Waals surface area (Å²) in [4.78, 5) is 0. The minimum absolute atomic E-state index is 0.708. The average Bonchev–Trinajstić information content (AvgIpc) is 1.72. The van der Waals surface area contributed by atoms with Crippen LogP contribution in [0, 0.1) is 0 Å². The van der Waals surface area contributed by atoms with Crippen molar-refractivity contribution in [1.29, 1.82) is 0 Å². The van der Waals surface area contributed by atoms with Gasteiger partial charge in [0, 0.05) is 0 Å². The van der Waals surface area contributed by atoms with Crippen LogP contribution < -0.4 is 0 Å². The van der Waals surface area contributed by atoms with Crippen molar-refractivity contribution in [2.45, 2.75) is 13.0 Å². The van der Waals surface area contributed by atoms with Crippen LogP contribution in [-0.2, 0) is 13.0 Å². The van der Waals surface area contributed by atoms with Gasteiger partial charge in [0.2, 0.25) is 0 Å². The Morgan fingerprint density at radius 2 is 2.67 bits per heavy atom. The van der Waals surface area contributed by atoms with Crippen molar-refractivity contribution >= 4 is 14.7 Å². The number of hydrogen-bond donors (Lipinski definition) is 0. The third kappa shape index (κ3) is 0.211. The van der Waals surface area contributed by atoms with E-state index < -0.39 is 0 Å². The Kier molecular flexibility index (Phi) is 0.405.